The summed E-state index contributed by atoms with van der Waals surface area (Å²) in [5.41, 5.74) is 1.42. The lowest BCUT2D eigenvalue weighted by molar-refractivity contribution is -0.384. The molecule has 0 unspecified atom stereocenters. The van der Waals surface area contributed by atoms with Crippen molar-refractivity contribution in [3.8, 4) is 5.75 Å². The Balaban J connectivity index is 1.69. The Bertz CT molecular complexity index is 970. The van der Waals surface area contributed by atoms with Crippen LogP contribution in [-0.2, 0) is 4.79 Å². The van der Waals surface area contributed by atoms with E-state index < -0.39 is 10.8 Å². The first kappa shape index (κ1) is 16.7. The first-order valence-corrected chi connectivity index (χ1v) is 7.63. The summed E-state index contributed by atoms with van der Waals surface area (Å²) in [4.78, 5) is 26.6. The predicted molar refractivity (Wildman–Crippen MR) is 92.2 cm³/mol. The number of hydrogen-bond donors (Lipinski definition) is 1. The number of fused-ring (bicyclic) bond motifs is 1. The number of benzene rings is 1. The van der Waals surface area contributed by atoms with Crippen molar-refractivity contribution in [3.05, 3.63) is 63.6 Å². The number of hydrogen-bond acceptors (Lipinski definition) is 5. The Hall–Kier alpha value is -3.13. The average molecular weight is 361 g/mol. The topological polar surface area (TPSA) is 98.8 Å². The van der Waals surface area contributed by atoms with Crippen molar-refractivity contribution in [1.29, 1.82) is 0 Å². The van der Waals surface area contributed by atoms with Gasteiger partial charge in [-0.3, -0.25) is 14.9 Å². The summed E-state index contributed by atoms with van der Waals surface area (Å²) in [5.74, 6) is 0.00902. The van der Waals surface area contributed by atoms with Crippen LogP contribution in [0.3, 0.4) is 0 Å². The summed E-state index contributed by atoms with van der Waals surface area (Å²) in [6.07, 6.45) is 3.67. The fraction of sp³-hybridized carbons (Fsp3) is 0.125. The second-order valence-electron chi connectivity index (χ2n) is 5.25. The molecule has 8 nitrogen and oxygen atoms in total. The number of carbonyl (C=O) groups excluding carboxylic acids is 1. The van der Waals surface area contributed by atoms with E-state index in [1.807, 2.05) is 19.3 Å². The Labute approximate surface area is 147 Å². The molecule has 0 aliphatic carbocycles. The molecule has 128 valence electrons. The molecular formula is C16H13ClN4O4. The number of aryl methyl sites for hydroxylation is 1. The van der Waals surface area contributed by atoms with Gasteiger partial charge in [-0.1, -0.05) is 11.6 Å². The van der Waals surface area contributed by atoms with Gasteiger partial charge in [0.25, 0.3) is 11.6 Å². The minimum absolute atomic E-state index is 0.000559. The number of carbonyl (C=O) groups is 1. The van der Waals surface area contributed by atoms with Gasteiger partial charge < -0.3 is 14.5 Å². The number of imidazole rings is 1. The number of amides is 1. The fourth-order valence-corrected chi connectivity index (χ4v) is 2.48. The minimum Gasteiger partial charge on any atom is -0.480 e. The van der Waals surface area contributed by atoms with Gasteiger partial charge in [-0.15, -0.1) is 0 Å². The van der Waals surface area contributed by atoms with Crippen LogP contribution in [0.5, 0.6) is 5.75 Å². The number of anilines is 1. The summed E-state index contributed by atoms with van der Waals surface area (Å²) in [5, 5.41) is 13.4. The lowest BCUT2D eigenvalue weighted by atomic mass is 10.3. The van der Waals surface area contributed by atoms with Gasteiger partial charge in [-0.2, -0.15) is 0 Å². The van der Waals surface area contributed by atoms with Crippen LogP contribution in [0.15, 0.2) is 42.7 Å². The highest BCUT2D eigenvalue weighted by molar-refractivity contribution is 6.32. The molecule has 0 spiro atoms. The molecule has 9 heteroatoms. The number of nitro benzene ring substituents is 1. The number of nitro groups is 1. The molecular weight excluding hydrogens is 348 g/mol. The van der Waals surface area contributed by atoms with Gasteiger partial charge in [-0.25, -0.2) is 4.98 Å². The SMILES string of the molecule is Cc1cn2cccc(OCC(=O)Nc3ccc(Cl)c([N+](=O)[O-])c3)c2n1. The van der Waals surface area contributed by atoms with Crippen LogP contribution >= 0.6 is 11.6 Å². The second-order valence-corrected chi connectivity index (χ2v) is 5.65. The fourth-order valence-electron chi connectivity index (χ4n) is 2.29. The third kappa shape index (κ3) is 3.69. The number of aromatic nitrogens is 2. The van der Waals surface area contributed by atoms with E-state index in [-0.39, 0.29) is 23.0 Å². The van der Waals surface area contributed by atoms with Crippen LogP contribution in [0.4, 0.5) is 11.4 Å². The van der Waals surface area contributed by atoms with Gasteiger partial charge in [0.05, 0.1) is 10.6 Å². The standard InChI is InChI=1S/C16H13ClN4O4/c1-10-8-20-6-2-3-14(16(20)18-10)25-9-15(22)19-11-4-5-12(17)13(7-11)21(23)24/h2-8H,9H2,1H3,(H,19,22). The molecule has 0 radical (unpaired) electrons. The van der Waals surface area contributed by atoms with Crippen molar-refractivity contribution in [2.24, 2.45) is 0 Å². The Morgan fingerprint density at radius 1 is 1.44 bits per heavy atom. The monoisotopic (exact) mass is 360 g/mol. The highest BCUT2D eigenvalue weighted by atomic mass is 35.5. The smallest absolute Gasteiger partial charge is 0.289 e. The van der Waals surface area contributed by atoms with E-state index in [9.17, 15) is 14.9 Å². The molecule has 0 saturated carbocycles. The molecule has 25 heavy (non-hydrogen) atoms. The van der Waals surface area contributed by atoms with E-state index in [1.54, 1.807) is 16.5 Å². The van der Waals surface area contributed by atoms with E-state index in [0.717, 1.165) is 5.69 Å². The molecule has 0 fully saturated rings. The first-order valence-electron chi connectivity index (χ1n) is 7.25. The number of rotatable bonds is 5. The molecule has 0 saturated heterocycles. The lowest BCUT2D eigenvalue weighted by Crippen LogP contribution is -2.20. The van der Waals surface area contributed by atoms with Crippen molar-refractivity contribution in [3.63, 3.8) is 0 Å². The van der Waals surface area contributed by atoms with Gasteiger partial charge in [0.2, 0.25) is 0 Å². The maximum absolute atomic E-state index is 12.0. The van der Waals surface area contributed by atoms with Crippen molar-refractivity contribution in [2.45, 2.75) is 6.92 Å². The van der Waals surface area contributed by atoms with Gasteiger partial charge in [0.1, 0.15) is 5.02 Å². The number of pyridine rings is 1. The van der Waals surface area contributed by atoms with E-state index >= 15 is 0 Å². The minimum atomic E-state index is -0.615. The van der Waals surface area contributed by atoms with Crippen LogP contribution in [-0.4, -0.2) is 26.8 Å². The van der Waals surface area contributed by atoms with Crippen molar-refractivity contribution in [1.82, 2.24) is 9.38 Å². The molecule has 1 N–H and O–H groups in total. The zero-order valence-electron chi connectivity index (χ0n) is 13.1. The Morgan fingerprint density at radius 2 is 2.24 bits per heavy atom. The average Bonchev–Trinajstić information content (AvgIpc) is 2.95. The van der Waals surface area contributed by atoms with Crippen LogP contribution in [0.25, 0.3) is 5.65 Å². The number of nitrogens with one attached hydrogen (secondary N) is 1. The van der Waals surface area contributed by atoms with Gasteiger partial charge >= 0.3 is 0 Å². The van der Waals surface area contributed by atoms with Crippen LogP contribution in [0.2, 0.25) is 5.02 Å². The molecule has 3 rings (SSSR count). The Morgan fingerprint density at radius 3 is 3.00 bits per heavy atom. The van der Waals surface area contributed by atoms with E-state index in [1.165, 1.54) is 18.2 Å². The number of ether oxygens (including phenoxy) is 1. The van der Waals surface area contributed by atoms with E-state index in [0.29, 0.717) is 11.4 Å². The maximum Gasteiger partial charge on any atom is 0.289 e. The van der Waals surface area contributed by atoms with Crippen LogP contribution in [0, 0.1) is 17.0 Å². The van der Waals surface area contributed by atoms with Crippen molar-refractivity contribution < 1.29 is 14.5 Å². The second kappa shape index (κ2) is 6.78. The van der Waals surface area contributed by atoms with Gasteiger partial charge in [-0.05, 0) is 31.2 Å². The molecule has 2 heterocycles. The maximum atomic E-state index is 12.0. The number of halogens is 1. The normalized spacial score (nSPS) is 10.6. The van der Waals surface area contributed by atoms with Crippen LogP contribution in [0.1, 0.15) is 5.69 Å². The molecule has 0 bridgehead atoms. The summed E-state index contributed by atoms with van der Waals surface area (Å²) in [6, 6.07) is 7.52. The molecule has 0 aliphatic rings. The molecule has 0 aliphatic heterocycles. The molecule has 0 atom stereocenters. The summed E-state index contributed by atoms with van der Waals surface area (Å²) >= 11 is 5.74. The quantitative estimate of drug-likeness (QED) is 0.556. The van der Waals surface area contributed by atoms with Crippen LogP contribution < -0.4 is 10.1 Å². The molecule has 1 amide bonds. The summed E-state index contributed by atoms with van der Waals surface area (Å²) in [6.45, 7) is 1.60. The van der Waals surface area contributed by atoms with Gasteiger partial charge in [0, 0.05) is 24.1 Å². The van der Waals surface area contributed by atoms with E-state index in [4.69, 9.17) is 16.3 Å². The van der Waals surface area contributed by atoms with Gasteiger partial charge in [0.15, 0.2) is 18.0 Å². The highest BCUT2D eigenvalue weighted by Gasteiger charge is 2.14. The van der Waals surface area contributed by atoms with E-state index in [2.05, 4.69) is 10.3 Å². The largest absolute Gasteiger partial charge is 0.480 e. The molecule has 3 aromatic rings. The zero-order valence-corrected chi connectivity index (χ0v) is 13.9. The van der Waals surface area contributed by atoms with Crippen molar-refractivity contribution >= 4 is 34.5 Å². The molecule has 2 aromatic heterocycles. The number of nitrogens with zero attached hydrogens (tertiary/aromatic N) is 3. The zero-order chi connectivity index (χ0) is 18.0. The Kier molecular flexibility index (Phi) is 4.53. The first-order chi connectivity index (χ1) is 11.9. The molecule has 1 aromatic carbocycles. The summed E-state index contributed by atoms with van der Waals surface area (Å²) in [7, 11) is 0. The third-order valence-electron chi connectivity index (χ3n) is 3.35. The van der Waals surface area contributed by atoms with Crippen molar-refractivity contribution in [2.75, 3.05) is 11.9 Å². The third-order valence-corrected chi connectivity index (χ3v) is 3.67. The highest BCUT2D eigenvalue weighted by Crippen LogP contribution is 2.27. The lowest BCUT2D eigenvalue weighted by Gasteiger charge is -2.08. The predicted octanol–water partition coefficient (Wildman–Crippen LogP) is 3.22. The summed E-state index contributed by atoms with van der Waals surface area (Å²) < 4.78 is 7.31.